The van der Waals surface area contributed by atoms with Gasteiger partial charge in [-0.1, -0.05) is 0 Å². The van der Waals surface area contributed by atoms with E-state index in [-0.39, 0.29) is 30.6 Å². The summed E-state index contributed by atoms with van der Waals surface area (Å²) >= 11 is 0. The normalized spacial score (nSPS) is 12.3. The van der Waals surface area contributed by atoms with Crippen molar-refractivity contribution in [3.05, 3.63) is 6.92 Å². The molecule has 0 rings (SSSR count). The largest absolute Gasteiger partial charge is 0.346 e. The van der Waals surface area contributed by atoms with Gasteiger partial charge < -0.3 is 6.92 Å². The van der Waals surface area contributed by atoms with Crippen molar-refractivity contribution in [1.82, 2.24) is 0 Å². The quantitative estimate of drug-likeness (QED) is 0.392. The van der Waals surface area contributed by atoms with Gasteiger partial charge in [-0.2, -0.15) is 6.92 Å². The van der Waals surface area contributed by atoms with Gasteiger partial charge in [-0.3, -0.25) is 9.98 Å². The molecular formula is C12H25N2Zn-. The Labute approximate surface area is 108 Å². The third kappa shape index (κ3) is 24.9. The van der Waals surface area contributed by atoms with Crippen LogP contribution in [0.4, 0.5) is 0 Å². The Balaban J connectivity index is -0.000000449. The molecule has 86 valence electrons. The third-order valence-electron chi connectivity index (χ3n) is 0.990. The minimum Gasteiger partial charge on any atom is -0.346 e. The molecule has 0 aliphatic rings. The fourth-order valence-electron chi connectivity index (χ4n) is 0.514. The van der Waals surface area contributed by atoms with Crippen LogP contribution in [0.5, 0.6) is 0 Å². The number of rotatable bonds is 1. The third-order valence-corrected chi connectivity index (χ3v) is 0.990. The van der Waals surface area contributed by atoms with Crippen molar-refractivity contribution in [3.63, 3.8) is 0 Å². The molecule has 3 heteroatoms. The maximum atomic E-state index is 4.29. The molecule has 0 heterocycles. The maximum Gasteiger partial charge on any atom is 0.0524 e. The molecule has 0 radical (unpaired) electrons. The molecule has 0 fully saturated rings. The van der Waals surface area contributed by atoms with Gasteiger partial charge in [0.25, 0.3) is 0 Å². The molecule has 0 aromatic carbocycles. The van der Waals surface area contributed by atoms with E-state index in [9.17, 15) is 0 Å². The van der Waals surface area contributed by atoms with Crippen LogP contribution < -0.4 is 0 Å². The molecule has 0 atom stereocenters. The standard InChI is InChI=1S/C10H20N2.C2H5.Zn/c1-9(2,3)11-7-8-12-10(4,5)6;1-2;/h7-8H,1-6H3;1H2,2H3;/q;-1;. The first kappa shape index (κ1) is 20.4. The van der Waals surface area contributed by atoms with Crippen molar-refractivity contribution in [2.45, 2.75) is 59.5 Å². The average Bonchev–Trinajstić information content (AvgIpc) is 1.99. The number of aliphatic imine (C=N–C) groups is 2. The van der Waals surface area contributed by atoms with E-state index in [4.69, 9.17) is 0 Å². The van der Waals surface area contributed by atoms with Crippen molar-refractivity contribution in [3.8, 4) is 0 Å². The van der Waals surface area contributed by atoms with Gasteiger partial charge in [-0.25, -0.2) is 0 Å². The fourth-order valence-corrected chi connectivity index (χ4v) is 0.514. The van der Waals surface area contributed by atoms with E-state index in [1.165, 1.54) is 0 Å². The van der Waals surface area contributed by atoms with E-state index >= 15 is 0 Å². The second-order valence-electron chi connectivity index (χ2n) is 4.90. The number of hydrogen-bond acceptors (Lipinski definition) is 2. The van der Waals surface area contributed by atoms with Crippen molar-refractivity contribution in [1.29, 1.82) is 0 Å². The smallest absolute Gasteiger partial charge is 0.0524 e. The predicted octanol–water partition coefficient (Wildman–Crippen LogP) is 3.56. The zero-order chi connectivity index (χ0) is 11.8. The molecule has 0 aliphatic carbocycles. The van der Waals surface area contributed by atoms with E-state index in [1.807, 2.05) is 0 Å². The van der Waals surface area contributed by atoms with E-state index in [0.29, 0.717) is 0 Å². The van der Waals surface area contributed by atoms with Crippen molar-refractivity contribution >= 4 is 12.4 Å². The van der Waals surface area contributed by atoms with Gasteiger partial charge in [0.05, 0.1) is 11.1 Å². The van der Waals surface area contributed by atoms with Crippen molar-refractivity contribution in [2.24, 2.45) is 9.98 Å². The van der Waals surface area contributed by atoms with E-state index in [1.54, 1.807) is 19.4 Å². The summed E-state index contributed by atoms with van der Waals surface area (Å²) in [4.78, 5) is 8.57. The van der Waals surface area contributed by atoms with E-state index in [2.05, 4.69) is 58.5 Å². The molecule has 0 amide bonds. The Kier molecular flexibility index (Phi) is 12.5. The van der Waals surface area contributed by atoms with Crippen molar-refractivity contribution in [2.75, 3.05) is 0 Å². The minimum atomic E-state index is 0. The van der Waals surface area contributed by atoms with Gasteiger partial charge in [0.2, 0.25) is 0 Å². The molecule has 15 heavy (non-hydrogen) atoms. The Morgan fingerprint density at radius 1 is 0.733 bits per heavy atom. The van der Waals surface area contributed by atoms with Crippen LogP contribution in [0.25, 0.3) is 0 Å². The van der Waals surface area contributed by atoms with Crippen LogP contribution >= 0.6 is 0 Å². The Morgan fingerprint density at radius 3 is 1.07 bits per heavy atom. The molecule has 0 spiro atoms. The topological polar surface area (TPSA) is 24.7 Å². The Hall–Kier alpha value is -0.0366. The minimum absolute atomic E-state index is 0. The van der Waals surface area contributed by atoms with E-state index in [0.717, 1.165) is 0 Å². The Bertz CT molecular complexity index is 161. The molecule has 0 aliphatic heterocycles. The second-order valence-corrected chi connectivity index (χ2v) is 4.90. The second kappa shape index (κ2) is 9.21. The van der Waals surface area contributed by atoms with Gasteiger partial charge in [0, 0.05) is 31.9 Å². The molecule has 0 unspecified atom stereocenters. The fraction of sp³-hybridized carbons (Fsp3) is 0.750. The summed E-state index contributed by atoms with van der Waals surface area (Å²) in [5.74, 6) is 0. The van der Waals surface area contributed by atoms with Gasteiger partial charge in [-0.15, -0.1) is 0 Å². The first-order chi connectivity index (χ1) is 6.21. The molecule has 0 N–H and O–H groups in total. The SMILES string of the molecule is CC(C)(C)N=CC=NC(C)(C)C.[CH2-]C.[Zn]. The number of nitrogens with zero attached hydrogens (tertiary/aromatic N) is 2. The molecule has 0 saturated heterocycles. The van der Waals surface area contributed by atoms with Crippen LogP contribution in [-0.4, -0.2) is 23.5 Å². The zero-order valence-corrected chi connectivity index (χ0v) is 14.4. The maximum absolute atomic E-state index is 4.29. The molecule has 2 nitrogen and oxygen atoms in total. The molecule has 0 bridgehead atoms. The van der Waals surface area contributed by atoms with Gasteiger partial charge in [0.15, 0.2) is 0 Å². The van der Waals surface area contributed by atoms with Gasteiger partial charge in [-0.05, 0) is 41.5 Å². The van der Waals surface area contributed by atoms with Crippen LogP contribution in [-0.2, 0) is 19.5 Å². The van der Waals surface area contributed by atoms with Crippen molar-refractivity contribution < 1.29 is 19.5 Å². The first-order valence-corrected chi connectivity index (χ1v) is 5.00. The van der Waals surface area contributed by atoms with Crippen LogP contribution in [0.3, 0.4) is 0 Å². The summed E-state index contributed by atoms with van der Waals surface area (Å²) in [5.41, 5.74) is 0.00775. The predicted molar refractivity (Wildman–Crippen MR) is 67.5 cm³/mol. The average molecular weight is 263 g/mol. The summed E-state index contributed by atoms with van der Waals surface area (Å²) in [6, 6.07) is 0. The van der Waals surface area contributed by atoms with Crippen LogP contribution in [0, 0.1) is 6.92 Å². The summed E-state index contributed by atoms with van der Waals surface area (Å²) < 4.78 is 0. The van der Waals surface area contributed by atoms with E-state index < -0.39 is 0 Å². The van der Waals surface area contributed by atoms with Crippen LogP contribution in [0.2, 0.25) is 0 Å². The summed E-state index contributed by atoms with van der Waals surface area (Å²) in [6.07, 6.45) is 3.54. The first-order valence-electron chi connectivity index (χ1n) is 5.00. The molecule has 0 saturated carbocycles. The number of hydrogen-bond donors (Lipinski definition) is 0. The molecule has 0 aromatic rings. The van der Waals surface area contributed by atoms with Crippen LogP contribution in [0.1, 0.15) is 48.5 Å². The van der Waals surface area contributed by atoms with Crippen LogP contribution in [0.15, 0.2) is 9.98 Å². The Morgan fingerprint density at radius 2 is 0.933 bits per heavy atom. The monoisotopic (exact) mass is 261 g/mol. The molecular weight excluding hydrogens is 238 g/mol. The zero-order valence-electron chi connectivity index (χ0n) is 11.5. The van der Waals surface area contributed by atoms with Gasteiger partial charge in [0.1, 0.15) is 0 Å². The van der Waals surface area contributed by atoms with Gasteiger partial charge >= 0.3 is 0 Å². The summed E-state index contributed by atoms with van der Waals surface area (Å²) in [7, 11) is 0. The summed E-state index contributed by atoms with van der Waals surface area (Å²) in [5, 5.41) is 0. The molecule has 0 aromatic heterocycles. The summed E-state index contributed by atoms with van der Waals surface area (Å²) in [6.45, 7) is 17.4.